The van der Waals surface area contributed by atoms with Crippen molar-refractivity contribution in [3.8, 4) is 0 Å². The van der Waals surface area contributed by atoms with Crippen molar-refractivity contribution in [2.75, 3.05) is 14.2 Å². The van der Waals surface area contributed by atoms with Crippen LogP contribution in [0.5, 0.6) is 0 Å². The highest BCUT2D eigenvalue weighted by Gasteiger charge is 2.27. The molecule has 0 aliphatic rings. The van der Waals surface area contributed by atoms with E-state index in [1.165, 1.54) is 12.2 Å². The SMILES string of the molecule is CON(C)C(=O)C=P(c1ccccc1)(c1ccccc1)c1ccccc1. The van der Waals surface area contributed by atoms with Crippen molar-refractivity contribution in [2.45, 2.75) is 0 Å². The van der Waals surface area contributed by atoms with Crippen molar-refractivity contribution in [1.82, 2.24) is 5.06 Å². The van der Waals surface area contributed by atoms with E-state index in [-0.39, 0.29) is 5.91 Å². The summed E-state index contributed by atoms with van der Waals surface area (Å²) in [4.78, 5) is 18.0. The van der Waals surface area contributed by atoms with Gasteiger partial charge in [0.25, 0.3) is 5.91 Å². The van der Waals surface area contributed by atoms with Gasteiger partial charge in [0.1, 0.15) is 0 Å². The summed E-state index contributed by atoms with van der Waals surface area (Å²) in [5.41, 5.74) is 0. The monoisotopic (exact) mass is 363 g/mol. The molecule has 0 aromatic heterocycles. The van der Waals surface area contributed by atoms with Crippen LogP contribution in [0.1, 0.15) is 0 Å². The summed E-state index contributed by atoms with van der Waals surface area (Å²) < 4.78 is 0. The van der Waals surface area contributed by atoms with Crippen LogP contribution in [0.3, 0.4) is 0 Å². The lowest BCUT2D eigenvalue weighted by Gasteiger charge is -2.29. The lowest BCUT2D eigenvalue weighted by molar-refractivity contribution is -0.159. The molecule has 0 N–H and O–H groups in total. The molecule has 0 aliphatic carbocycles. The third-order valence-electron chi connectivity index (χ3n) is 4.38. The molecule has 4 heteroatoms. The zero-order valence-electron chi connectivity index (χ0n) is 14.9. The van der Waals surface area contributed by atoms with Gasteiger partial charge in [-0.05, 0) is 22.8 Å². The van der Waals surface area contributed by atoms with Gasteiger partial charge in [-0.1, -0.05) is 91.0 Å². The van der Waals surface area contributed by atoms with E-state index in [0.29, 0.717) is 0 Å². The van der Waals surface area contributed by atoms with Crippen molar-refractivity contribution in [1.29, 1.82) is 0 Å². The highest BCUT2D eigenvalue weighted by atomic mass is 31.2. The van der Waals surface area contributed by atoms with Crippen molar-refractivity contribution in [3.05, 3.63) is 91.0 Å². The maximum atomic E-state index is 12.9. The number of benzene rings is 3. The van der Waals surface area contributed by atoms with Gasteiger partial charge in [0.2, 0.25) is 0 Å². The van der Waals surface area contributed by atoms with Gasteiger partial charge in [-0.25, -0.2) is 5.06 Å². The van der Waals surface area contributed by atoms with E-state index in [0.717, 1.165) is 15.9 Å². The van der Waals surface area contributed by atoms with Gasteiger partial charge in [-0.3, -0.25) is 9.63 Å². The maximum absolute atomic E-state index is 12.9. The molecule has 0 radical (unpaired) electrons. The largest absolute Gasteiger partial charge is 0.274 e. The van der Waals surface area contributed by atoms with Crippen LogP contribution in [0.4, 0.5) is 0 Å². The molecule has 0 heterocycles. The molecule has 3 aromatic rings. The molecule has 3 aromatic carbocycles. The highest BCUT2D eigenvalue weighted by molar-refractivity contribution is 7.95. The first-order chi connectivity index (χ1) is 12.7. The van der Waals surface area contributed by atoms with E-state index >= 15 is 0 Å². The summed E-state index contributed by atoms with van der Waals surface area (Å²) in [6.07, 6.45) is 0. The Bertz CT molecular complexity index is 805. The number of hydrogen-bond donors (Lipinski definition) is 0. The van der Waals surface area contributed by atoms with Crippen molar-refractivity contribution < 1.29 is 9.63 Å². The summed E-state index contributed by atoms with van der Waals surface area (Å²) in [7, 11) is 3.13. The Kier molecular flexibility index (Phi) is 5.72. The topological polar surface area (TPSA) is 29.5 Å². The molecule has 3 nitrogen and oxygen atoms in total. The molecular weight excluding hydrogens is 341 g/mol. The van der Waals surface area contributed by atoms with Crippen LogP contribution in [-0.2, 0) is 9.63 Å². The van der Waals surface area contributed by atoms with Crippen molar-refractivity contribution >= 4 is 34.5 Å². The molecule has 0 bridgehead atoms. The molecule has 1 amide bonds. The number of amides is 1. The molecule has 0 unspecified atom stereocenters. The van der Waals surface area contributed by atoms with Gasteiger partial charge in [0, 0.05) is 12.8 Å². The second-order valence-corrected chi connectivity index (χ2v) is 9.13. The molecule has 3 rings (SSSR count). The first-order valence-electron chi connectivity index (χ1n) is 8.42. The Hall–Kier alpha value is -2.61. The van der Waals surface area contributed by atoms with Crippen LogP contribution in [0.2, 0.25) is 0 Å². The van der Waals surface area contributed by atoms with Crippen molar-refractivity contribution in [2.24, 2.45) is 0 Å². The zero-order chi connectivity index (χ0) is 18.4. The van der Waals surface area contributed by atoms with Crippen LogP contribution in [0.15, 0.2) is 91.0 Å². The third-order valence-corrected chi connectivity index (χ3v) is 8.32. The van der Waals surface area contributed by atoms with E-state index in [2.05, 4.69) is 36.4 Å². The Morgan fingerprint density at radius 3 is 1.42 bits per heavy atom. The van der Waals surface area contributed by atoms with Gasteiger partial charge in [-0.15, -0.1) is 0 Å². The van der Waals surface area contributed by atoms with Gasteiger partial charge in [-0.2, -0.15) is 0 Å². The van der Waals surface area contributed by atoms with Crippen LogP contribution in [0.25, 0.3) is 0 Å². The average Bonchev–Trinajstić information content (AvgIpc) is 2.73. The fourth-order valence-electron chi connectivity index (χ4n) is 3.00. The number of carbonyl (C=O) groups is 1. The quantitative estimate of drug-likeness (QED) is 0.515. The molecule has 0 atom stereocenters. The first-order valence-corrected chi connectivity index (χ1v) is 10.3. The van der Waals surface area contributed by atoms with Crippen LogP contribution < -0.4 is 15.9 Å². The van der Waals surface area contributed by atoms with E-state index in [4.69, 9.17) is 4.84 Å². The third kappa shape index (κ3) is 3.50. The van der Waals surface area contributed by atoms with Crippen LogP contribution in [-0.4, -0.2) is 30.9 Å². The molecule has 0 aliphatic heterocycles. The second kappa shape index (κ2) is 8.18. The smallest absolute Gasteiger partial charge is 0.270 e. The van der Waals surface area contributed by atoms with Gasteiger partial charge in [0.05, 0.1) is 7.11 Å². The molecule has 0 saturated heterocycles. The number of hydrogen-bond acceptors (Lipinski definition) is 2. The summed E-state index contributed by atoms with van der Waals surface area (Å²) in [6, 6.07) is 30.7. The second-order valence-electron chi connectivity index (χ2n) is 5.88. The normalized spacial score (nSPS) is 11.0. The molecular formula is C22H22NO2P. The molecule has 0 spiro atoms. The number of rotatable bonds is 5. The van der Waals surface area contributed by atoms with E-state index in [1.54, 1.807) is 7.05 Å². The Balaban J connectivity index is 2.40. The minimum Gasteiger partial charge on any atom is -0.274 e. The van der Waals surface area contributed by atoms with Crippen LogP contribution >= 0.6 is 6.89 Å². The van der Waals surface area contributed by atoms with E-state index < -0.39 is 6.89 Å². The minimum atomic E-state index is -2.27. The van der Waals surface area contributed by atoms with E-state index in [9.17, 15) is 4.79 Å². The Morgan fingerprint density at radius 1 is 0.769 bits per heavy atom. The fourth-order valence-corrected chi connectivity index (χ4v) is 6.76. The van der Waals surface area contributed by atoms with Gasteiger partial charge < -0.3 is 0 Å². The maximum Gasteiger partial charge on any atom is 0.270 e. The zero-order valence-corrected chi connectivity index (χ0v) is 15.8. The molecule has 0 saturated carbocycles. The highest BCUT2D eigenvalue weighted by Crippen LogP contribution is 2.43. The number of hydroxylamine groups is 2. The standard InChI is InChI=1S/C22H22NO2P/c1-23(25-2)22(24)18-26(19-12-6-3-7-13-19,20-14-8-4-9-15-20)21-16-10-5-11-17-21/h3-18H,1-2H3. The van der Waals surface area contributed by atoms with E-state index in [1.807, 2.05) is 60.4 Å². The lowest BCUT2D eigenvalue weighted by Crippen LogP contribution is -2.33. The number of nitrogens with zero attached hydrogens (tertiary/aromatic N) is 1. The van der Waals surface area contributed by atoms with Gasteiger partial charge >= 0.3 is 0 Å². The predicted molar refractivity (Wildman–Crippen MR) is 111 cm³/mol. The molecule has 26 heavy (non-hydrogen) atoms. The summed E-state index contributed by atoms with van der Waals surface area (Å²) >= 11 is 0. The van der Waals surface area contributed by atoms with Crippen molar-refractivity contribution in [3.63, 3.8) is 0 Å². The molecule has 0 fully saturated rings. The fraction of sp³-hybridized carbons (Fsp3) is 0.0909. The average molecular weight is 363 g/mol. The van der Waals surface area contributed by atoms with Crippen LogP contribution in [0, 0.1) is 0 Å². The summed E-state index contributed by atoms with van der Waals surface area (Å²) in [6.45, 7) is -2.27. The summed E-state index contributed by atoms with van der Waals surface area (Å²) in [5.74, 6) is 1.69. The Labute approximate surface area is 154 Å². The summed E-state index contributed by atoms with van der Waals surface area (Å²) in [5, 5.41) is 4.67. The number of carbonyl (C=O) groups excluding carboxylic acids is 1. The predicted octanol–water partition coefficient (Wildman–Crippen LogP) is 2.80. The molecule has 132 valence electrons. The minimum absolute atomic E-state index is 0.155. The lowest BCUT2D eigenvalue weighted by atomic mass is 10.4. The Morgan fingerprint density at radius 2 is 1.12 bits per heavy atom. The van der Waals surface area contributed by atoms with Gasteiger partial charge in [0.15, 0.2) is 0 Å². The first kappa shape index (κ1) is 18.2.